The molecule has 0 aromatic heterocycles. The molecule has 1 atom stereocenters. The maximum absolute atomic E-state index is 10.4. The normalized spacial score (nSPS) is 25.1. The van der Waals surface area contributed by atoms with Crippen LogP contribution in [0, 0.1) is 0 Å². The highest BCUT2D eigenvalue weighted by molar-refractivity contribution is 7.87. The van der Waals surface area contributed by atoms with Gasteiger partial charge >= 0.3 is 0 Å². The van der Waals surface area contributed by atoms with Gasteiger partial charge in [0, 0.05) is 12.4 Å². The van der Waals surface area contributed by atoms with Crippen molar-refractivity contribution in [1.29, 1.82) is 0 Å². The van der Waals surface area contributed by atoms with E-state index in [-0.39, 0.29) is 0 Å². The number of aliphatic imine (C=N–C) groups is 1. The van der Waals surface area contributed by atoms with E-state index >= 15 is 0 Å². The molecule has 1 N–H and O–H groups in total. The third kappa shape index (κ3) is 1.65. The fourth-order valence-electron chi connectivity index (χ4n) is 0.661. The van der Waals surface area contributed by atoms with Crippen molar-refractivity contribution in [2.75, 3.05) is 0 Å². The average Bonchev–Trinajstić information content (AvgIpc) is 1.88. The monoisotopic (exact) mass is 161 g/mol. The van der Waals surface area contributed by atoms with Gasteiger partial charge in [0.2, 0.25) is 0 Å². The number of hydrogen-bond acceptors (Lipinski definition) is 3. The Hall–Kier alpha value is -0.680. The van der Waals surface area contributed by atoms with E-state index in [0.29, 0.717) is 6.42 Å². The summed E-state index contributed by atoms with van der Waals surface area (Å²) in [5.41, 5.74) is 0. The summed E-state index contributed by atoms with van der Waals surface area (Å²) in [5, 5.41) is -0.850. The molecule has 0 fully saturated rings. The molecule has 1 rings (SSSR count). The van der Waals surface area contributed by atoms with Crippen molar-refractivity contribution in [1.82, 2.24) is 0 Å². The molecule has 5 heteroatoms. The molecular formula is C5H7NO3S. The van der Waals surface area contributed by atoms with Gasteiger partial charge in [0.1, 0.15) is 5.25 Å². The lowest BCUT2D eigenvalue weighted by atomic mass is 10.3. The minimum Gasteiger partial charge on any atom is -0.285 e. The lowest BCUT2D eigenvalue weighted by molar-refractivity contribution is 0.477. The van der Waals surface area contributed by atoms with Gasteiger partial charge in [-0.3, -0.25) is 9.55 Å². The van der Waals surface area contributed by atoms with Gasteiger partial charge < -0.3 is 0 Å². The fraction of sp³-hybridized carbons (Fsp3) is 0.400. The van der Waals surface area contributed by atoms with E-state index in [1.54, 1.807) is 6.08 Å². The van der Waals surface area contributed by atoms with Crippen molar-refractivity contribution in [3.63, 3.8) is 0 Å². The van der Waals surface area contributed by atoms with Crippen molar-refractivity contribution >= 4 is 16.3 Å². The van der Waals surface area contributed by atoms with Crippen LogP contribution in [-0.4, -0.2) is 24.4 Å². The molecule has 1 aliphatic rings. The Bertz CT molecular complexity index is 265. The minimum atomic E-state index is -3.93. The van der Waals surface area contributed by atoms with Crippen LogP contribution in [0.25, 0.3) is 0 Å². The topological polar surface area (TPSA) is 66.7 Å². The first-order valence-electron chi connectivity index (χ1n) is 2.75. The first-order valence-corrected chi connectivity index (χ1v) is 4.25. The Morgan fingerprint density at radius 3 is 2.60 bits per heavy atom. The predicted molar refractivity (Wildman–Crippen MR) is 37.6 cm³/mol. The number of nitrogens with zero attached hydrogens (tertiary/aromatic N) is 1. The van der Waals surface area contributed by atoms with Crippen LogP contribution < -0.4 is 0 Å². The molecule has 10 heavy (non-hydrogen) atoms. The summed E-state index contributed by atoms with van der Waals surface area (Å²) in [4.78, 5) is 3.58. The molecule has 0 aliphatic carbocycles. The second-order valence-electron chi connectivity index (χ2n) is 1.97. The zero-order chi connectivity index (χ0) is 7.61. The van der Waals surface area contributed by atoms with Gasteiger partial charge in [0.15, 0.2) is 0 Å². The number of allylic oxidation sites excluding steroid dienone is 1. The molecule has 1 aliphatic heterocycles. The lowest BCUT2D eigenvalue weighted by Gasteiger charge is -2.06. The van der Waals surface area contributed by atoms with Crippen LogP contribution in [0.3, 0.4) is 0 Å². The Labute approximate surface area is 59.0 Å². The second kappa shape index (κ2) is 2.51. The molecule has 0 saturated heterocycles. The highest BCUT2D eigenvalue weighted by Gasteiger charge is 2.19. The van der Waals surface area contributed by atoms with E-state index in [4.69, 9.17) is 4.55 Å². The maximum atomic E-state index is 10.4. The van der Waals surface area contributed by atoms with E-state index in [1.807, 2.05) is 0 Å². The fourth-order valence-corrected chi connectivity index (χ4v) is 1.24. The Balaban J connectivity index is 2.79. The highest BCUT2D eigenvalue weighted by Crippen LogP contribution is 2.06. The molecule has 0 aromatic carbocycles. The van der Waals surface area contributed by atoms with Gasteiger partial charge in [-0.1, -0.05) is 6.08 Å². The lowest BCUT2D eigenvalue weighted by Crippen LogP contribution is -2.22. The predicted octanol–water partition coefficient (Wildman–Crippen LogP) is 0.231. The summed E-state index contributed by atoms with van der Waals surface area (Å²) in [6, 6.07) is 0. The van der Waals surface area contributed by atoms with Crippen LogP contribution in [0.5, 0.6) is 0 Å². The zero-order valence-corrected chi connectivity index (χ0v) is 5.95. The van der Waals surface area contributed by atoms with Gasteiger partial charge in [-0.2, -0.15) is 8.42 Å². The van der Waals surface area contributed by atoms with Crippen molar-refractivity contribution in [3.8, 4) is 0 Å². The highest BCUT2D eigenvalue weighted by atomic mass is 32.2. The van der Waals surface area contributed by atoms with Gasteiger partial charge in [0.05, 0.1) is 0 Å². The molecule has 4 nitrogen and oxygen atoms in total. The maximum Gasteiger partial charge on any atom is 0.273 e. The van der Waals surface area contributed by atoms with Crippen LogP contribution in [-0.2, 0) is 10.1 Å². The molecule has 1 unspecified atom stereocenters. The molecule has 0 amide bonds. The van der Waals surface area contributed by atoms with Gasteiger partial charge in [-0.05, 0) is 6.42 Å². The molecule has 0 radical (unpaired) electrons. The van der Waals surface area contributed by atoms with E-state index in [2.05, 4.69) is 4.99 Å². The van der Waals surface area contributed by atoms with Crippen molar-refractivity contribution in [3.05, 3.63) is 12.3 Å². The average molecular weight is 161 g/mol. The second-order valence-corrected chi connectivity index (χ2v) is 3.61. The molecule has 0 aromatic rings. The van der Waals surface area contributed by atoms with Crippen LogP contribution in [0.4, 0.5) is 0 Å². The Morgan fingerprint density at radius 2 is 2.30 bits per heavy atom. The molecule has 0 saturated carbocycles. The first kappa shape index (κ1) is 7.43. The van der Waals surface area contributed by atoms with Gasteiger partial charge in [-0.15, -0.1) is 0 Å². The summed E-state index contributed by atoms with van der Waals surface area (Å²) in [6.07, 6.45) is 4.62. The smallest absolute Gasteiger partial charge is 0.273 e. The van der Waals surface area contributed by atoms with Crippen molar-refractivity contribution < 1.29 is 13.0 Å². The van der Waals surface area contributed by atoms with Crippen molar-refractivity contribution in [2.45, 2.75) is 11.7 Å². The van der Waals surface area contributed by atoms with Crippen LogP contribution in [0.15, 0.2) is 17.3 Å². The summed E-state index contributed by atoms with van der Waals surface area (Å²) in [6.45, 7) is 0. The minimum absolute atomic E-state index is 0.308. The van der Waals surface area contributed by atoms with Crippen molar-refractivity contribution in [2.24, 2.45) is 4.99 Å². The largest absolute Gasteiger partial charge is 0.285 e. The molecule has 0 bridgehead atoms. The van der Waals surface area contributed by atoms with E-state index < -0.39 is 15.4 Å². The van der Waals surface area contributed by atoms with E-state index in [9.17, 15) is 8.42 Å². The first-order chi connectivity index (χ1) is 4.61. The van der Waals surface area contributed by atoms with Gasteiger partial charge in [0.25, 0.3) is 10.1 Å². The summed E-state index contributed by atoms with van der Waals surface area (Å²) in [5.74, 6) is 0. The molecule has 1 heterocycles. The number of rotatable bonds is 1. The zero-order valence-electron chi connectivity index (χ0n) is 5.14. The van der Waals surface area contributed by atoms with Crippen LogP contribution >= 0.6 is 0 Å². The quantitative estimate of drug-likeness (QED) is 0.560. The summed E-state index contributed by atoms with van der Waals surface area (Å²) < 4.78 is 29.3. The third-order valence-electron chi connectivity index (χ3n) is 1.19. The van der Waals surface area contributed by atoms with E-state index in [1.165, 1.54) is 12.4 Å². The van der Waals surface area contributed by atoms with Gasteiger partial charge in [-0.25, -0.2) is 0 Å². The number of hydrogen-bond donors (Lipinski definition) is 1. The Morgan fingerprint density at radius 1 is 1.60 bits per heavy atom. The third-order valence-corrected chi connectivity index (χ3v) is 2.27. The summed E-state index contributed by atoms with van der Waals surface area (Å²) in [7, 11) is -3.93. The summed E-state index contributed by atoms with van der Waals surface area (Å²) >= 11 is 0. The van der Waals surface area contributed by atoms with Crippen LogP contribution in [0.2, 0.25) is 0 Å². The molecular weight excluding hydrogens is 154 g/mol. The SMILES string of the molecule is O=S(=O)(O)C1C=NC=CC1. The van der Waals surface area contributed by atoms with Crippen LogP contribution in [0.1, 0.15) is 6.42 Å². The van der Waals surface area contributed by atoms with E-state index in [0.717, 1.165) is 0 Å². The molecule has 0 spiro atoms. The Kier molecular flexibility index (Phi) is 1.87. The molecule has 56 valence electrons. The standard InChI is InChI=1S/C5H7NO3S/c7-10(8,9)5-2-1-3-6-4-5/h1,3-5H,2H2,(H,7,8,9).